The molecule has 1 aromatic carbocycles. The number of nitrogens with one attached hydrogen (secondary N) is 1. The SMILES string of the molecule is CCOc1ncc(Cl)c2c1[C@@H](c1ccc(C#N)cc1OC)C(C(N)=O)=C(C)N2. The van der Waals surface area contributed by atoms with Crippen LogP contribution in [0.15, 0.2) is 35.7 Å². The number of amides is 1. The van der Waals surface area contributed by atoms with Crippen LogP contribution in [0, 0.1) is 11.3 Å². The standard InChI is InChI=1S/C20H19ClN4O3/c1-4-28-20-17-16(12-6-5-11(8-22)7-14(12)27-3)15(19(23)26)10(2)25-18(17)13(21)9-24-20/h5-7,9,16,25H,4H2,1-3H3,(H2,23,26)/t16-/m0/s1. The fourth-order valence-electron chi connectivity index (χ4n) is 3.40. The molecule has 0 saturated heterocycles. The lowest BCUT2D eigenvalue weighted by Gasteiger charge is -2.32. The monoisotopic (exact) mass is 398 g/mol. The summed E-state index contributed by atoms with van der Waals surface area (Å²) in [4.78, 5) is 16.7. The van der Waals surface area contributed by atoms with E-state index in [1.807, 2.05) is 6.92 Å². The topological polar surface area (TPSA) is 110 Å². The number of hydrogen-bond donors (Lipinski definition) is 2. The number of carbonyl (C=O) groups is 1. The summed E-state index contributed by atoms with van der Waals surface area (Å²) in [6.45, 7) is 3.97. The molecule has 0 saturated carbocycles. The van der Waals surface area contributed by atoms with E-state index in [4.69, 9.17) is 26.8 Å². The minimum Gasteiger partial charge on any atom is -0.496 e. The van der Waals surface area contributed by atoms with Crippen molar-refractivity contribution < 1.29 is 14.3 Å². The molecule has 28 heavy (non-hydrogen) atoms. The van der Waals surface area contributed by atoms with Crippen LogP contribution >= 0.6 is 11.6 Å². The van der Waals surface area contributed by atoms with Gasteiger partial charge in [0, 0.05) is 16.8 Å². The number of ether oxygens (including phenoxy) is 2. The van der Waals surface area contributed by atoms with Crippen LogP contribution in [0.1, 0.15) is 36.5 Å². The molecule has 1 aliphatic heterocycles. The Kier molecular flexibility index (Phi) is 5.43. The van der Waals surface area contributed by atoms with Crippen molar-refractivity contribution in [1.82, 2.24) is 4.98 Å². The Labute approximate surface area is 167 Å². The van der Waals surface area contributed by atoms with E-state index >= 15 is 0 Å². The number of hydrogen-bond acceptors (Lipinski definition) is 6. The van der Waals surface area contributed by atoms with E-state index in [0.29, 0.717) is 56.9 Å². The second kappa shape index (κ2) is 7.79. The molecule has 3 rings (SSSR count). The quantitative estimate of drug-likeness (QED) is 0.799. The van der Waals surface area contributed by atoms with Crippen LogP contribution in [0.5, 0.6) is 11.6 Å². The van der Waals surface area contributed by atoms with Crippen LogP contribution in [-0.4, -0.2) is 24.6 Å². The molecule has 0 radical (unpaired) electrons. The Hall–Kier alpha value is -3.24. The van der Waals surface area contributed by atoms with Gasteiger partial charge < -0.3 is 20.5 Å². The van der Waals surface area contributed by atoms with Crippen molar-refractivity contribution >= 4 is 23.2 Å². The highest BCUT2D eigenvalue weighted by molar-refractivity contribution is 6.33. The maximum Gasteiger partial charge on any atom is 0.247 e. The van der Waals surface area contributed by atoms with Gasteiger partial charge in [0.25, 0.3) is 0 Å². The van der Waals surface area contributed by atoms with Crippen molar-refractivity contribution in [1.29, 1.82) is 5.26 Å². The fraction of sp³-hybridized carbons (Fsp3) is 0.250. The number of aromatic nitrogens is 1. The predicted molar refractivity (Wildman–Crippen MR) is 105 cm³/mol. The van der Waals surface area contributed by atoms with E-state index < -0.39 is 11.8 Å². The predicted octanol–water partition coefficient (Wildman–Crippen LogP) is 3.33. The van der Waals surface area contributed by atoms with Gasteiger partial charge in [-0.1, -0.05) is 17.7 Å². The molecule has 0 spiro atoms. The van der Waals surface area contributed by atoms with E-state index in [1.165, 1.54) is 13.3 Å². The molecule has 1 aromatic heterocycles. The highest BCUT2D eigenvalue weighted by atomic mass is 35.5. The van der Waals surface area contributed by atoms with E-state index in [-0.39, 0.29) is 0 Å². The van der Waals surface area contributed by atoms with Gasteiger partial charge >= 0.3 is 0 Å². The average molecular weight is 399 g/mol. The van der Waals surface area contributed by atoms with Gasteiger partial charge in [-0.3, -0.25) is 4.79 Å². The van der Waals surface area contributed by atoms with Gasteiger partial charge in [0.15, 0.2) is 0 Å². The number of anilines is 1. The molecule has 0 aliphatic carbocycles. The van der Waals surface area contributed by atoms with Gasteiger partial charge in [0.1, 0.15) is 5.75 Å². The summed E-state index contributed by atoms with van der Waals surface area (Å²) in [6, 6.07) is 7.09. The van der Waals surface area contributed by atoms with Crippen LogP contribution in [0.25, 0.3) is 0 Å². The molecule has 0 bridgehead atoms. The van der Waals surface area contributed by atoms with Crippen LogP contribution in [0.3, 0.4) is 0 Å². The Morgan fingerprint density at radius 2 is 2.21 bits per heavy atom. The van der Waals surface area contributed by atoms with Crippen molar-refractivity contribution in [2.75, 3.05) is 19.0 Å². The van der Waals surface area contributed by atoms with Gasteiger partial charge in [-0.05, 0) is 26.0 Å². The molecule has 2 aromatic rings. The van der Waals surface area contributed by atoms with Crippen molar-refractivity contribution in [3.8, 4) is 17.7 Å². The van der Waals surface area contributed by atoms with Crippen molar-refractivity contribution in [2.45, 2.75) is 19.8 Å². The minimum absolute atomic E-state index is 0.345. The molecule has 1 atom stereocenters. The summed E-state index contributed by atoms with van der Waals surface area (Å²) in [5.41, 5.74) is 8.93. The summed E-state index contributed by atoms with van der Waals surface area (Å²) in [6.07, 6.45) is 1.49. The fourth-order valence-corrected chi connectivity index (χ4v) is 3.60. The normalized spacial score (nSPS) is 15.3. The van der Waals surface area contributed by atoms with E-state index in [1.54, 1.807) is 25.1 Å². The third-order valence-corrected chi connectivity index (χ3v) is 4.83. The molecule has 144 valence electrons. The number of primary amides is 1. The molecular formula is C20H19ClN4O3. The van der Waals surface area contributed by atoms with E-state index in [2.05, 4.69) is 16.4 Å². The third kappa shape index (κ3) is 3.23. The molecule has 2 heterocycles. The lowest BCUT2D eigenvalue weighted by atomic mass is 9.80. The Bertz CT molecular complexity index is 1030. The largest absolute Gasteiger partial charge is 0.496 e. The number of methoxy groups -OCH3 is 1. The smallest absolute Gasteiger partial charge is 0.247 e. The van der Waals surface area contributed by atoms with Gasteiger partial charge in [0.05, 0.1) is 53.7 Å². The minimum atomic E-state index is -0.621. The number of benzene rings is 1. The van der Waals surface area contributed by atoms with Crippen LogP contribution in [0.2, 0.25) is 5.02 Å². The van der Waals surface area contributed by atoms with Crippen LogP contribution < -0.4 is 20.5 Å². The Balaban J connectivity index is 2.37. The van der Waals surface area contributed by atoms with Gasteiger partial charge in [-0.25, -0.2) is 4.98 Å². The summed E-state index contributed by atoms with van der Waals surface area (Å²) in [5.74, 6) is -0.415. The molecule has 1 amide bonds. The summed E-state index contributed by atoms with van der Waals surface area (Å²) >= 11 is 6.39. The molecule has 1 aliphatic rings. The van der Waals surface area contributed by atoms with Crippen molar-refractivity contribution in [3.63, 3.8) is 0 Å². The summed E-state index contributed by atoms with van der Waals surface area (Å²) in [5, 5.41) is 12.7. The molecular weight excluding hydrogens is 380 g/mol. The Morgan fingerprint density at radius 3 is 2.82 bits per heavy atom. The number of rotatable bonds is 5. The average Bonchev–Trinajstić information content (AvgIpc) is 2.68. The van der Waals surface area contributed by atoms with Crippen LogP contribution in [0.4, 0.5) is 5.69 Å². The molecule has 8 heteroatoms. The lowest BCUT2D eigenvalue weighted by molar-refractivity contribution is -0.114. The van der Waals surface area contributed by atoms with Crippen LogP contribution in [-0.2, 0) is 4.79 Å². The number of allylic oxidation sites excluding steroid dienone is 1. The third-order valence-electron chi connectivity index (χ3n) is 4.55. The van der Waals surface area contributed by atoms with E-state index in [9.17, 15) is 10.1 Å². The van der Waals surface area contributed by atoms with E-state index in [0.717, 1.165) is 0 Å². The zero-order chi connectivity index (χ0) is 20.4. The van der Waals surface area contributed by atoms with Crippen molar-refractivity contribution in [2.24, 2.45) is 5.73 Å². The van der Waals surface area contributed by atoms with Gasteiger partial charge in [0.2, 0.25) is 11.8 Å². The molecule has 0 unspecified atom stereocenters. The zero-order valence-electron chi connectivity index (χ0n) is 15.7. The number of nitriles is 1. The number of halogens is 1. The highest BCUT2D eigenvalue weighted by Gasteiger charge is 2.37. The molecule has 0 fully saturated rings. The summed E-state index contributed by atoms with van der Waals surface area (Å²) in [7, 11) is 1.50. The molecule has 7 nitrogen and oxygen atoms in total. The van der Waals surface area contributed by atoms with Gasteiger partial charge in [-0.2, -0.15) is 5.26 Å². The number of carbonyl (C=O) groups excluding carboxylic acids is 1. The zero-order valence-corrected chi connectivity index (χ0v) is 16.4. The maximum atomic E-state index is 12.4. The second-order valence-electron chi connectivity index (χ2n) is 6.16. The first-order valence-corrected chi connectivity index (χ1v) is 8.97. The number of nitrogens with two attached hydrogens (primary N) is 1. The second-order valence-corrected chi connectivity index (χ2v) is 6.57. The number of nitrogens with zero attached hydrogens (tertiary/aromatic N) is 2. The first-order valence-electron chi connectivity index (χ1n) is 8.59. The summed E-state index contributed by atoms with van der Waals surface area (Å²) < 4.78 is 11.2. The lowest BCUT2D eigenvalue weighted by Crippen LogP contribution is -2.28. The molecule has 3 N–H and O–H groups in total. The number of fused-ring (bicyclic) bond motifs is 1. The first kappa shape index (κ1) is 19.5. The van der Waals surface area contributed by atoms with Gasteiger partial charge in [-0.15, -0.1) is 0 Å². The maximum absolute atomic E-state index is 12.4. The Morgan fingerprint density at radius 1 is 1.46 bits per heavy atom. The highest BCUT2D eigenvalue weighted by Crippen LogP contribution is 2.49. The number of pyridine rings is 1. The first-order chi connectivity index (χ1) is 13.4. The van der Waals surface area contributed by atoms with Crippen molar-refractivity contribution in [3.05, 3.63) is 57.4 Å².